The normalized spacial score (nSPS) is 14.9. The van der Waals surface area contributed by atoms with E-state index in [9.17, 15) is 9.59 Å². The average Bonchev–Trinajstić information content (AvgIpc) is 2.49. The van der Waals surface area contributed by atoms with Crippen LogP contribution in [0.1, 0.15) is 19.3 Å². The molecule has 0 aliphatic carbocycles. The minimum Gasteiger partial charge on any atom is -0.342 e. The van der Waals surface area contributed by atoms with Gasteiger partial charge in [-0.25, -0.2) is 0 Å². The molecule has 0 atom stereocenters. The zero-order valence-electron chi connectivity index (χ0n) is 11.5. The van der Waals surface area contributed by atoms with Crippen LogP contribution in [-0.2, 0) is 9.59 Å². The third-order valence-electron chi connectivity index (χ3n) is 3.23. The van der Waals surface area contributed by atoms with Crippen LogP contribution in [0.2, 0.25) is 0 Å². The lowest BCUT2D eigenvalue weighted by Gasteiger charge is -2.26. The van der Waals surface area contributed by atoms with Crippen LogP contribution in [-0.4, -0.2) is 41.3 Å². The van der Waals surface area contributed by atoms with Gasteiger partial charge in [-0.3, -0.25) is 9.59 Å². The second-order valence-electron chi connectivity index (χ2n) is 4.85. The summed E-state index contributed by atoms with van der Waals surface area (Å²) in [6.07, 6.45) is 3.42. The fraction of sp³-hybridized carbons (Fsp3) is 0.467. The Bertz CT molecular complexity index is 444. The molecule has 0 saturated carbocycles. The number of hydrogen-bond acceptors (Lipinski definition) is 3. The maximum atomic E-state index is 11.9. The van der Waals surface area contributed by atoms with E-state index in [-0.39, 0.29) is 11.8 Å². The van der Waals surface area contributed by atoms with Crippen LogP contribution in [0.3, 0.4) is 0 Å². The largest absolute Gasteiger partial charge is 0.342 e. The second kappa shape index (κ2) is 7.94. The van der Waals surface area contributed by atoms with Crippen LogP contribution in [0, 0.1) is 0 Å². The zero-order valence-corrected chi connectivity index (χ0v) is 12.3. The van der Waals surface area contributed by atoms with Crippen molar-refractivity contribution in [2.45, 2.75) is 19.3 Å². The van der Waals surface area contributed by atoms with Crippen LogP contribution in [0.5, 0.6) is 0 Å². The Morgan fingerprint density at radius 1 is 1.05 bits per heavy atom. The maximum absolute atomic E-state index is 11.9. The summed E-state index contributed by atoms with van der Waals surface area (Å²) in [5, 5.41) is 2.81. The first kappa shape index (κ1) is 14.9. The van der Waals surface area contributed by atoms with Crippen molar-refractivity contribution in [1.82, 2.24) is 4.90 Å². The Hall–Kier alpha value is -1.49. The first-order valence-electron chi connectivity index (χ1n) is 6.96. The lowest BCUT2D eigenvalue weighted by Crippen LogP contribution is -2.37. The number of amides is 2. The summed E-state index contributed by atoms with van der Waals surface area (Å²) in [5.41, 5.74) is 0.792. The highest BCUT2D eigenvalue weighted by Crippen LogP contribution is 2.12. The van der Waals surface area contributed by atoms with Crippen LogP contribution in [0.25, 0.3) is 0 Å². The van der Waals surface area contributed by atoms with Crippen molar-refractivity contribution in [2.75, 3.05) is 29.9 Å². The number of carbonyl (C=O) groups is 2. The standard InChI is InChI=1S/C15H20N2O2S/c18-14(16-13-7-3-1-4-8-13)11-20-12-15(19)17-9-5-2-6-10-17/h1,3-4,7-8H,2,5-6,9-12H2,(H,16,18). The van der Waals surface area contributed by atoms with E-state index in [2.05, 4.69) is 5.32 Å². The molecule has 108 valence electrons. The number of carbonyl (C=O) groups excluding carboxylic acids is 2. The lowest BCUT2D eigenvalue weighted by atomic mass is 10.1. The van der Waals surface area contributed by atoms with Gasteiger partial charge < -0.3 is 10.2 Å². The van der Waals surface area contributed by atoms with Crippen LogP contribution in [0.15, 0.2) is 30.3 Å². The van der Waals surface area contributed by atoms with Crippen molar-refractivity contribution in [3.63, 3.8) is 0 Å². The summed E-state index contributed by atoms with van der Waals surface area (Å²) < 4.78 is 0. The number of nitrogens with zero attached hydrogens (tertiary/aromatic N) is 1. The number of rotatable bonds is 5. The van der Waals surface area contributed by atoms with Crippen LogP contribution >= 0.6 is 11.8 Å². The quantitative estimate of drug-likeness (QED) is 0.906. The third-order valence-corrected chi connectivity index (χ3v) is 4.14. The molecular formula is C15H20N2O2S. The number of likely N-dealkylation sites (tertiary alicyclic amines) is 1. The summed E-state index contributed by atoms with van der Waals surface area (Å²) in [6, 6.07) is 9.36. The summed E-state index contributed by atoms with van der Waals surface area (Å²) in [5.74, 6) is 0.798. The van der Waals surface area contributed by atoms with Gasteiger partial charge >= 0.3 is 0 Å². The third kappa shape index (κ3) is 4.89. The predicted octanol–water partition coefficient (Wildman–Crippen LogP) is 2.37. The smallest absolute Gasteiger partial charge is 0.234 e. The minimum atomic E-state index is -0.0624. The molecule has 20 heavy (non-hydrogen) atoms. The van der Waals surface area contributed by atoms with Gasteiger partial charge in [-0.1, -0.05) is 18.2 Å². The first-order valence-corrected chi connectivity index (χ1v) is 8.11. The molecule has 0 radical (unpaired) electrons. The van der Waals surface area contributed by atoms with E-state index < -0.39 is 0 Å². The van der Waals surface area contributed by atoms with Crippen molar-refractivity contribution in [3.05, 3.63) is 30.3 Å². The Morgan fingerprint density at radius 3 is 2.45 bits per heavy atom. The average molecular weight is 292 g/mol. The van der Waals surface area contributed by atoms with Gasteiger partial charge in [0.1, 0.15) is 0 Å². The van der Waals surface area contributed by atoms with Crippen molar-refractivity contribution in [3.8, 4) is 0 Å². The number of thioether (sulfide) groups is 1. The van der Waals surface area contributed by atoms with Gasteiger partial charge in [0, 0.05) is 18.8 Å². The Labute approximate surface area is 123 Å². The zero-order chi connectivity index (χ0) is 14.2. The van der Waals surface area contributed by atoms with Crippen molar-refractivity contribution in [2.24, 2.45) is 0 Å². The molecule has 2 rings (SSSR count). The monoisotopic (exact) mass is 292 g/mol. The number of para-hydroxylation sites is 1. The SMILES string of the molecule is O=C(CSCC(=O)N1CCCCC1)Nc1ccccc1. The molecule has 1 fully saturated rings. The molecule has 0 spiro atoms. The molecule has 0 unspecified atom stereocenters. The molecule has 0 bridgehead atoms. The Morgan fingerprint density at radius 2 is 1.75 bits per heavy atom. The molecule has 1 aliphatic rings. The van der Waals surface area contributed by atoms with E-state index in [4.69, 9.17) is 0 Å². The highest BCUT2D eigenvalue weighted by molar-refractivity contribution is 8.00. The van der Waals surface area contributed by atoms with E-state index in [1.54, 1.807) is 0 Å². The van der Waals surface area contributed by atoms with Gasteiger partial charge in [-0.2, -0.15) is 0 Å². The number of anilines is 1. The van der Waals surface area contributed by atoms with Crippen LogP contribution in [0.4, 0.5) is 5.69 Å². The van der Waals surface area contributed by atoms with Crippen molar-refractivity contribution < 1.29 is 9.59 Å². The molecule has 1 heterocycles. The molecule has 5 heteroatoms. The summed E-state index contributed by atoms with van der Waals surface area (Å²) in [4.78, 5) is 25.5. The summed E-state index contributed by atoms with van der Waals surface area (Å²) in [6.45, 7) is 1.74. The lowest BCUT2D eigenvalue weighted by molar-refractivity contribution is -0.129. The number of piperidine rings is 1. The molecule has 2 amide bonds. The summed E-state index contributed by atoms with van der Waals surface area (Å²) in [7, 11) is 0. The molecular weight excluding hydrogens is 272 g/mol. The Kier molecular flexibility index (Phi) is 5.92. The number of hydrogen-bond donors (Lipinski definition) is 1. The molecule has 1 N–H and O–H groups in total. The fourth-order valence-electron chi connectivity index (χ4n) is 2.18. The van der Waals surface area contributed by atoms with Gasteiger partial charge in [-0.15, -0.1) is 11.8 Å². The number of benzene rings is 1. The highest BCUT2D eigenvalue weighted by Gasteiger charge is 2.16. The number of nitrogens with one attached hydrogen (secondary N) is 1. The molecule has 1 saturated heterocycles. The van der Waals surface area contributed by atoms with E-state index in [0.717, 1.165) is 31.6 Å². The predicted molar refractivity (Wildman–Crippen MR) is 82.8 cm³/mol. The first-order chi connectivity index (χ1) is 9.75. The van der Waals surface area contributed by atoms with Gasteiger partial charge in [0.15, 0.2) is 0 Å². The highest BCUT2D eigenvalue weighted by atomic mass is 32.2. The van der Waals surface area contributed by atoms with E-state index in [1.807, 2.05) is 35.2 Å². The van der Waals surface area contributed by atoms with Crippen molar-refractivity contribution in [1.29, 1.82) is 0 Å². The molecule has 4 nitrogen and oxygen atoms in total. The van der Waals surface area contributed by atoms with Gasteiger partial charge in [0.2, 0.25) is 11.8 Å². The van der Waals surface area contributed by atoms with E-state index >= 15 is 0 Å². The van der Waals surface area contributed by atoms with E-state index in [1.165, 1.54) is 18.2 Å². The van der Waals surface area contributed by atoms with E-state index in [0.29, 0.717) is 11.5 Å². The molecule has 1 aliphatic heterocycles. The van der Waals surface area contributed by atoms with Gasteiger partial charge in [0.05, 0.1) is 11.5 Å². The summed E-state index contributed by atoms with van der Waals surface area (Å²) >= 11 is 1.38. The molecule has 1 aromatic rings. The topological polar surface area (TPSA) is 49.4 Å². The van der Waals surface area contributed by atoms with Gasteiger partial charge in [0.25, 0.3) is 0 Å². The second-order valence-corrected chi connectivity index (χ2v) is 5.83. The molecule has 0 aromatic heterocycles. The fourth-order valence-corrected chi connectivity index (χ4v) is 2.90. The maximum Gasteiger partial charge on any atom is 0.234 e. The minimum absolute atomic E-state index is 0.0624. The van der Waals surface area contributed by atoms with Gasteiger partial charge in [-0.05, 0) is 31.4 Å². The molecule has 1 aromatic carbocycles. The van der Waals surface area contributed by atoms with Crippen LogP contribution < -0.4 is 5.32 Å². The van der Waals surface area contributed by atoms with Crippen molar-refractivity contribution >= 4 is 29.3 Å². The Balaban J connectivity index is 1.65.